The van der Waals surface area contributed by atoms with Crippen LogP contribution in [0, 0.1) is 6.92 Å². The summed E-state index contributed by atoms with van der Waals surface area (Å²) in [5, 5.41) is 4.21. The number of benzene rings is 2. The number of rotatable bonds is 6. The number of hydrogen-bond donors (Lipinski definition) is 2. The van der Waals surface area contributed by atoms with Crippen molar-refractivity contribution in [3.8, 4) is 0 Å². The second-order valence-electron chi connectivity index (χ2n) is 5.53. The van der Waals surface area contributed by atoms with E-state index in [0.29, 0.717) is 11.5 Å². The molecule has 9 heteroatoms. The van der Waals surface area contributed by atoms with Gasteiger partial charge in [0.15, 0.2) is 5.82 Å². The summed E-state index contributed by atoms with van der Waals surface area (Å²) in [5.41, 5.74) is 4.25. The van der Waals surface area contributed by atoms with Crippen molar-refractivity contribution in [3.63, 3.8) is 0 Å². The maximum atomic E-state index is 12.5. The average molecular weight is 402 g/mol. The van der Waals surface area contributed by atoms with Crippen molar-refractivity contribution in [2.24, 2.45) is 5.10 Å². The third-order valence-electron chi connectivity index (χ3n) is 3.40. The molecule has 27 heavy (non-hydrogen) atoms. The fourth-order valence-electron chi connectivity index (χ4n) is 2.22. The molecule has 0 aliphatic heterocycles. The van der Waals surface area contributed by atoms with Gasteiger partial charge in [-0.2, -0.15) is 10.1 Å². The second kappa shape index (κ2) is 8.15. The molecule has 2 N–H and O–H groups in total. The molecule has 0 unspecified atom stereocenters. The molecule has 0 amide bonds. The van der Waals surface area contributed by atoms with Crippen molar-refractivity contribution in [2.45, 2.75) is 11.8 Å². The van der Waals surface area contributed by atoms with Crippen LogP contribution in [0.1, 0.15) is 11.3 Å². The number of sulfonamides is 1. The highest BCUT2D eigenvalue weighted by Crippen LogP contribution is 2.22. The maximum Gasteiger partial charge on any atom is 0.265 e. The van der Waals surface area contributed by atoms with E-state index >= 15 is 0 Å². The first-order valence-corrected chi connectivity index (χ1v) is 9.77. The molecule has 0 bridgehead atoms. The molecule has 3 aromatic rings. The lowest BCUT2D eigenvalue weighted by Gasteiger charge is -2.09. The molecule has 0 spiro atoms. The van der Waals surface area contributed by atoms with Gasteiger partial charge in [-0.05, 0) is 24.6 Å². The molecule has 0 aliphatic rings. The molecule has 0 fully saturated rings. The van der Waals surface area contributed by atoms with Gasteiger partial charge in [-0.3, -0.25) is 5.43 Å². The van der Waals surface area contributed by atoms with Crippen molar-refractivity contribution in [1.29, 1.82) is 0 Å². The van der Waals surface area contributed by atoms with E-state index < -0.39 is 10.0 Å². The van der Waals surface area contributed by atoms with E-state index in [9.17, 15) is 8.42 Å². The number of hydrogen-bond acceptors (Lipinski definition) is 6. The van der Waals surface area contributed by atoms with Gasteiger partial charge in [-0.15, -0.1) is 0 Å². The Labute approximate surface area is 162 Å². The zero-order chi connectivity index (χ0) is 19.3. The normalized spacial score (nSPS) is 11.5. The third-order valence-corrected chi connectivity index (χ3v) is 5.23. The maximum absolute atomic E-state index is 12.5. The number of halogens is 1. The van der Waals surface area contributed by atoms with E-state index in [1.807, 2.05) is 30.3 Å². The van der Waals surface area contributed by atoms with Crippen LogP contribution >= 0.6 is 11.6 Å². The standard InChI is InChI=1S/C18H16ClN5O2S/c1-13-11-17(23-20-12-14-7-3-2-4-8-14)22-18(21-13)24-27(25,26)16-10-6-5-9-15(16)19/h2-12H,1H3,(H2,21,22,23,24)/b20-12-. The van der Waals surface area contributed by atoms with E-state index in [4.69, 9.17) is 11.6 Å². The summed E-state index contributed by atoms with van der Waals surface area (Å²) >= 11 is 5.97. The Morgan fingerprint density at radius 3 is 2.48 bits per heavy atom. The first kappa shape index (κ1) is 18.8. The highest BCUT2D eigenvalue weighted by molar-refractivity contribution is 7.92. The zero-order valence-corrected chi connectivity index (χ0v) is 15.9. The Hall–Kier alpha value is -2.97. The van der Waals surface area contributed by atoms with Crippen LogP contribution in [0.2, 0.25) is 5.02 Å². The minimum absolute atomic E-state index is 0.0478. The van der Waals surface area contributed by atoms with Crippen molar-refractivity contribution in [2.75, 3.05) is 10.1 Å². The molecule has 1 heterocycles. The average Bonchev–Trinajstić information content (AvgIpc) is 2.62. The van der Waals surface area contributed by atoms with E-state index in [2.05, 4.69) is 25.2 Å². The highest BCUT2D eigenvalue weighted by atomic mass is 35.5. The summed E-state index contributed by atoms with van der Waals surface area (Å²) in [4.78, 5) is 8.19. The van der Waals surface area contributed by atoms with Crippen molar-refractivity contribution >= 4 is 39.6 Å². The lowest BCUT2D eigenvalue weighted by atomic mass is 10.2. The molecule has 0 radical (unpaired) electrons. The molecule has 0 atom stereocenters. The molecule has 0 aliphatic carbocycles. The van der Waals surface area contributed by atoms with Crippen LogP contribution in [0.25, 0.3) is 0 Å². The first-order chi connectivity index (χ1) is 12.9. The molecule has 1 aromatic heterocycles. The fourth-order valence-corrected chi connectivity index (χ4v) is 3.69. The monoisotopic (exact) mass is 401 g/mol. The Kier molecular flexibility index (Phi) is 5.68. The first-order valence-electron chi connectivity index (χ1n) is 7.91. The van der Waals surface area contributed by atoms with Gasteiger partial charge in [0.05, 0.1) is 11.2 Å². The summed E-state index contributed by atoms with van der Waals surface area (Å²) in [6, 6.07) is 17.3. The van der Waals surface area contributed by atoms with Gasteiger partial charge in [0.25, 0.3) is 10.0 Å². The molecule has 138 valence electrons. The lowest BCUT2D eigenvalue weighted by Crippen LogP contribution is -2.16. The van der Waals surface area contributed by atoms with Gasteiger partial charge in [0, 0.05) is 11.8 Å². The Morgan fingerprint density at radius 1 is 1.04 bits per heavy atom. The van der Waals surface area contributed by atoms with Gasteiger partial charge in [-0.1, -0.05) is 54.1 Å². The molecular formula is C18H16ClN5O2S. The minimum Gasteiger partial charge on any atom is -0.261 e. The third kappa shape index (κ3) is 5.02. The molecule has 7 nitrogen and oxygen atoms in total. The van der Waals surface area contributed by atoms with E-state index in [0.717, 1.165) is 5.56 Å². The number of nitrogens with one attached hydrogen (secondary N) is 2. The van der Waals surface area contributed by atoms with Crippen molar-refractivity contribution < 1.29 is 8.42 Å². The van der Waals surface area contributed by atoms with Crippen LogP contribution in [0.15, 0.2) is 70.7 Å². The summed E-state index contributed by atoms with van der Waals surface area (Å²) in [5.74, 6) is 0.277. The van der Waals surface area contributed by atoms with E-state index in [1.165, 1.54) is 12.1 Å². The fraction of sp³-hybridized carbons (Fsp3) is 0.0556. The van der Waals surface area contributed by atoms with Crippen molar-refractivity contribution in [1.82, 2.24) is 9.97 Å². The molecule has 3 rings (SSSR count). The predicted molar refractivity (Wildman–Crippen MR) is 107 cm³/mol. The topological polar surface area (TPSA) is 96.3 Å². The van der Waals surface area contributed by atoms with Crippen LogP contribution in [0.4, 0.5) is 11.8 Å². The molecule has 0 saturated heterocycles. The summed E-state index contributed by atoms with van der Waals surface area (Å²) in [6.07, 6.45) is 1.63. The SMILES string of the molecule is Cc1cc(N/N=C\c2ccccc2)nc(NS(=O)(=O)c2ccccc2Cl)n1. The van der Waals surface area contributed by atoms with Crippen LogP contribution in [0.5, 0.6) is 0 Å². The Morgan fingerprint density at radius 2 is 1.74 bits per heavy atom. The van der Waals surface area contributed by atoms with Crippen LogP contribution < -0.4 is 10.1 Å². The lowest BCUT2D eigenvalue weighted by molar-refractivity contribution is 0.601. The zero-order valence-electron chi connectivity index (χ0n) is 14.3. The van der Waals surface area contributed by atoms with Gasteiger partial charge in [0.2, 0.25) is 5.95 Å². The summed E-state index contributed by atoms with van der Waals surface area (Å²) in [7, 11) is -3.91. The van der Waals surface area contributed by atoms with Crippen LogP contribution in [-0.2, 0) is 10.0 Å². The largest absolute Gasteiger partial charge is 0.265 e. The highest BCUT2D eigenvalue weighted by Gasteiger charge is 2.19. The van der Waals surface area contributed by atoms with E-state index in [1.54, 1.807) is 31.3 Å². The van der Waals surface area contributed by atoms with E-state index in [-0.39, 0.29) is 15.9 Å². The van der Waals surface area contributed by atoms with Gasteiger partial charge >= 0.3 is 0 Å². The number of nitrogens with zero attached hydrogens (tertiary/aromatic N) is 3. The minimum atomic E-state index is -3.91. The number of hydrazone groups is 1. The quantitative estimate of drug-likeness (QED) is 0.485. The summed E-state index contributed by atoms with van der Waals surface area (Å²) < 4.78 is 27.4. The number of aryl methyl sites for hydroxylation is 1. The smallest absolute Gasteiger partial charge is 0.261 e. The number of anilines is 2. The van der Waals surface area contributed by atoms with Crippen molar-refractivity contribution in [3.05, 3.63) is 76.9 Å². The molecule has 2 aromatic carbocycles. The number of aromatic nitrogens is 2. The van der Waals surface area contributed by atoms with Gasteiger partial charge in [-0.25, -0.2) is 18.1 Å². The van der Waals surface area contributed by atoms with Gasteiger partial charge < -0.3 is 0 Å². The summed E-state index contributed by atoms with van der Waals surface area (Å²) in [6.45, 7) is 1.72. The van der Waals surface area contributed by atoms with Crippen LogP contribution in [-0.4, -0.2) is 24.6 Å². The van der Waals surface area contributed by atoms with Gasteiger partial charge in [0.1, 0.15) is 4.90 Å². The Bertz CT molecular complexity index is 1070. The van der Waals surface area contributed by atoms with Crippen LogP contribution in [0.3, 0.4) is 0 Å². The predicted octanol–water partition coefficient (Wildman–Crippen LogP) is 3.69. The second-order valence-corrected chi connectivity index (χ2v) is 7.59. The molecular weight excluding hydrogens is 386 g/mol. The Balaban J connectivity index is 1.79. The molecule has 0 saturated carbocycles.